The monoisotopic (exact) mass is 310 g/mol. The van der Waals surface area contributed by atoms with Crippen LogP contribution in [0.5, 0.6) is 0 Å². The first-order valence-electron chi connectivity index (χ1n) is 8.05. The summed E-state index contributed by atoms with van der Waals surface area (Å²) < 4.78 is 13.3. The average molecular weight is 310 g/mol. The van der Waals surface area contributed by atoms with Crippen LogP contribution in [0.4, 0.5) is 4.39 Å². The lowest BCUT2D eigenvalue weighted by Crippen LogP contribution is -2.33. The minimum Gasteiger partial charge on any atom is -0.342 e. The van der Waals surface area contributed by atoms with E-state index in [2.05, 4.69) is 25.9 Å². The van der Waals surface area contributed by atoms with Crippen LogP contribution in [0, 0.1) is 5.82 Å². The number of nitrogens with zero attached hydrogens (tertiary/aromatic N) is 3. The van der Waals surface area contributed by atoms with Gasteiger partial charge in [-0.25, -0.2) is 9.37 Å². The molecule has 1 N–H and O–H groups in total. The maximum atomic E-state index is 13.3. The van der Waals surface area contributed by atoms with E-state index in [-0.39, 0.29) is 5.82 Å². The Balaban J connectivity index is 1.42. The Morgan fingerprint density at radius 1 is 1.17 bits per heavy atom. The highest BCUT2D eigenvalue weighted by atomic mass is 19.1. The molecule has 1 saturated heterocycles. The van der Waals surface area contributed by atoms with E-state index in [1.54, 1.807) is 6.07 Å². The summed E-state index contributed by atoms with van der Waals surface area (Å²) in [6.07, 6.45) is 3.97. The van der Waals surface area contributed by atoms with Gasteiger partial charge in [-0.15, -0.1) is 0 Å². The minimum absolute atomic E-state index is 0.224. The second-order valence-corrected chi connectivity index (χ2v) is 6.16. The van der Waals surface area contributed by atoms with E-state index >= 15 is 0 Å². The van der Waals surface area contributed by atoms with Crippen LogP contribution in [-0.2, 0) is 6.54 Å². The van der Waals surface area contributed by atoms with Crippen molar-refractivity contribution in [2.75, 3.05) is 13.1 Å². The van der Waals surface area contributed by atoms with Gasteiger partial charge in [0.05, 0.1) is 16.7 Å². The number of hydrogen-bond acceptors (Lipinski definition) is 3. The fraction of sp³-hybridized carbons (Fsp3) is 0.333. The molecular formula is C18H19FN4. The highest BCUT2D eigenvalue weighted by Gasteiger charge is 2.23. The topological polar surface area (TPSA) is 44.8 Å². The lowest BCUT2D eigenvalue weighted by Gasteiger charge is -2.30. The van der Waals surface area contributed by atoms with Gasteiger partial charge < -0.3 is 4.98 Å². The number of halogens is 1. The van der Waals surface area contributed by atoms with Gasteiger partial charge in [-0.1, -0.05) is 6.07 Å². The number of aromatic nitrogens is 3. The Bertz CT molecular complexity index is 791. The van der Waals surface area contributed by atoms with Crippen molar-refractivity contribution in [2.45, 2.75) is 25.3 Å². The number of piperidine rings is 1. The second kappa shape index (κ2) is 6.08. The van der Waals surface area contributed by atoms with E-state index in [4.69, 9.17) is 0 Å². The van der Waals surface area contributed by atoms with Crippen molar-refractivity contribution in [3.63, 3.8) is 0 Å². The molecule has 5 heteroatoms. The molecule has 0 spiro atoms. The summed E-state index contributed by atoms with van der Waals surface area (Å²) >= 11 is 0. The van der Waals surface area contributed by atoms with Gasteiger partial charge in [0.2, 0.25) is 0 Å². The highest BCUT2D eigenvalue weighted by molar-refractivity contribution is 5.75. The van der Waals surface area contributed by atoms with E-state index in [1.165, 1.54) is 12.1 Å². The number of fused-ring (bicyclic) bond motifs is 1. The molecule has 1 aliphatic heterocycles. The molecule has 0 amide bonds. The second-order valence-electron chi connectivity index (χ2n) is 6.16. The molecule has 2 aromatic heterocycles. The maximum Gasteiger partial charge on any atom is 0.125 e. The number of hydrogen-bond donors (Lipinski definition) is 1. The lowest BCUT2D eigenvalue weighted by molar-refractivity contribution is 0.200. The fourth-order valence-electron chi connectivity index (χ4n) is 3.28. The van der Waals surface area contributed by atoms with Crippen molar-refractivity contribution in [2.24, 2.45) is 0 Å². The number of aromatic amines is 1. The van der Waals surface area contributed by atoms with Crippen molar-refractivity contribution < 1.29 is 4.39 Å². The van der Waals surface area contributed by atoms with Crippen LogP contribution in [0.2, 0.25) is 0 Å². The summed E-state index contributed by atoms with van der Waals surface area (Å²) in [6, 6.07) is 10.8. The third-order valence-electron chi connectivity index (χ3n) is 4.55. The number of benzene rings is 1. The van der Waals surface area contributed by atoms with E-state index in [9.17, 15) is 4.39 Å². The molecule has 0 unspecified atom stereocenters. The summed E-state index contributed by atoms with van der Waals surface area (Å²) in [5, 5.41) is 0. The molecule has 3 aromatic rings. The first-order valence-corrected chi connectivity index (χ1v) is 8.05. The summed E-state index contributed by atoms with van der Waals surface area (Å²) in [5.74, 6) is 1.19. The van der Waals surface area contributed by atoms with Gasteiger partial charge in [-0.05, 0) is 56.3 Å². The van der Waals surface area contributed by atoms with Crippen molar-refractivity contribution in [3.05, 3.63) is 59.9 Å². The Kier molecular flexibility index (Phi) is 3.79. The number of likely N-dealkylation sites (tertiary alicyclic amines) is 1. The number of H-pyrrole nitrogens is 1. The van der Waals surface area contributed by atoms with Crippen LogP contribution in [0.1, 0.15) is 30.3 Å². The number of rotatable bonds is 3. The molecule has 0 bridgehead atoms. The van der Waals surface area contributed by atoms with E-state index in [0.29, 0.717) is 5.92 Å². The molecular weight excluding hydrogens is 291 g/mol. The Labute approximate surface area is 134 Å². The molecule has 4 rings (SSSR count). The summed E-state index contributed by atoms with van der Waals surface area (Å²) in [4.78, 5) is 14.7. The van der Waals surface area contributed by atoms with Gasteiger partial charge >= 0.3 is 0 Å². The molecule has 118 valence electrons. The number of imidazole rings is 1. The van der Waals surface area contributed by atoms with E-state index < -0.39 is 0 Å². The molecule has 1 fully saturated rings. The maximum absolute atomic E-state index is 13.3. The largest absolute Gasteiger partial charge is 0.342 e. The van der Waals surface area contributed by atoms with Crippen LogP contribution < -0.4 is 0 Å². The number of nitrogens with one attached hydrogen (secondary N) is 1. The van der Waals surface area contributed by atoms with E-state index in [1.807, 2.05) is 18.3 Å². The molecule has 3 heterocycles. The molecule has 23 heavy (non-hydrogen) atoms. The Morgan fingerprint density at radius 3 is 2.83 bits per heavy atom. The fourth-order valence-corrected chi connectivity index (χ4v) is 3.28. The summed E-state index contributed by atoms with van der Waals surface area (Å²) in [6.45, 7) is 2.97. The zero-order valence-electron chi connectivity index (χ0n) is 12.9. The molecule has 0 atom stereocenters. The van der Waals surface area contributed by atoms with Gasteiger partial charge in [0, 0.05) is 18.7 Å². The molecule has 0 radical (unpaired) electrons. The third-order valence-corrected chi connectivity index (χ3v) is 4.55. The van der Waals surface area contributed by atoms with Gasteiger partial charge in [0.1, 0.15) is 11.6 Å². The van der Waals surface area contributed by atoms with Gasteiger partial charge in [0.15, 0.2) is 0 Å². The SMILES string of the molecule is Fc1ccc2nc(C3CCN(Cc4ccccn4)CC3)[nH]c2c1. The third kappa shape index (κ3) is 3.10. The molecule has 0 aliphatic carbocycles. The smallest absolute Gasteiger partial charge is 0.125 e. The van der Waals surface area contributed by atoms with Crippen molar-refractivity contribution in [1.29, 1.82) is 0 Å². The van der Waals surface area contributed by atoms with Crippen LogP contribution in [0.15, 0.2) is 42.6 Å². The zero-order chi connectivity index (χ0) is 15.6. The van der Waals surface area contributed by atoms with Crippen LogP contribution in [0.25, 0.3) is 11.0 Å². The van der Waals surface area contributed by atoms with Crippen LogP contribution in [-0.4, -0.2) is 32.9 Å². The molecule has 4 nitrogen and oxygen atoms in total. The quantitative estimate of drug-likeness (QED) is 0.805. The zero-order valence-corrected chi connectivity index (χ0v) is 12.9. The highest BCUT2D eigenvalue weighted by Crippen LogP contribution is 2.28. The Morgan fingerprint density at radius 2 is 2.04 bits per heavy atom. The predicted molar refractivity (Wildman–Crippen MR) is 87.5 cm³/mol. The lowest BCUT2D eigenvalue weighted by atomic mass is 9.96. The minimum atomic E-state index is -0.224. The first kappa shape index (κ1) is 14.3. The molecule has 1 aromatic carbocycles. The Hall–Kier alpha value is -2.27. The summed E-state index contributed by atoms with van der Waals surface area (Å²) in [5.41, 5.74) is 2.75. The molecule has 1 aliphatic rings. The first-order chi connectivity index (χ1) is 11.3. The normalized spacial score (nSPS) is 16.9. The number of pyridine rings is 1. The summed E-state index contributed by atoms with van der Waals surface area (Å²) in [7, 11) is 0. The van der Waals surface area contributed by atoms with Gasteiger partial charge in [-0.3, -0.25) is 9.88 Å². The van der Waals surface area contributed by atoms with Crippen molar-refractivity contribution in [1.82, 2.24) is 19.9 Å². The molecule has 0 saturated carbocycles. The predicted octanol–water partition coefficient (Wildman–Crippen LogP) is 3.48. The van der Waals surface area contributed by atoms with Crippen molar-refractivity contribution in [3.8, 4) is 0 Å². The van der Waals surface area contributed by atoms with Gasteiger partial charge in [0.25, 0.3) is 0 Å². The average Bonchev–Trinajstić information content (AvgIpc) is 2.99. The van der Waals surface area contributed by atoms with Gasteiger partial charge in [-0.2, -0.15) is 0 Å². The van der Waals surface area contributed by atoms with E-state index in [0.717, 1.165) is 55.0 Å². The van der Waals surface area contributed by atoms with Crippen molar-refractivity contribution >= 4 is 11.0 Å². The standard InChI is InChI=1S/C18H19FN4/c19-14-4-5-16-17(11-14)22-18(21-16)13-6-9-23(10-7-13)12-15-3-1-2-8-20-15/h1-5,8,11,13H,6-7,9-10,12H2,(H,21,22). The van der Waals surface area contributed by atoms with Crippen LogP contribution in [0.3, 0.4) is 0 Å². The van der Waals surface area contributed by atoms with Crippen LogP contribution >= 0.6 is 0 Å².